The molecule has 2 aliphatic rings. The largest absolute Gasteiger partial charge is 0.440 e. The third-order valence-electron chi connectivity index (χ3n) is 6.16. The van der Waals surface area contributed by atoms with E-state index in [1.165, 1.54) is 0 Å². The van der Waals surface area contributed by atoms with Gasteiger partial charge in [-0.15, -0.1) is 0 Å². The van der Waals surface area contributed by atoms with Crippen LogP contribution in [-0.2, 0) is 9.59 Å². The molecule has 27 heavy (non-hydrogen) atoms. The van der Waals surface area contributed by atoms with Crippen LogP contribution < -0.4 is 5.32 Å². The van der Waals surface area contributed by atoms with Crippen LogP contribution in [0.3, 0.4) is 0 Å². The second kappa shape index (κ2) is 7.33. The summed E-state index contributed by atoms with van der Waals surface area (Å²) in [7, 11) is 0. The molecule has 2 atom stereocenters. The van der Waals surface area contributed by atoms with Crippen molar-refractivity contribution in [1.29, 1.82) is 0 Å². The number of amides is 2. The quantitative estimate of drug-likeness (QED) is 0.877. The molecule has 2 fully saturated rings. The molecule has 0 saturated carbocycles. The van der Waals surface area contributed by atoms with E-state index in [1.54, 1.807) is 0 Å². The highest BCUT2D eigenvalue weighted by molar-refractivity contribution is 5.80. The molecule has 6 nitrogen and oxygen atoms in total. The van der Waals surface area contributed by atoms with E-state index in [9.17, 15) is 9.59 Å². The van der Waals surface area contributed by atoms with Crippen LogP contribution in [0.25, 0.3) is 11.1 Å². The van der Waals surface area contributed by atoms with E-state index in [4.69, 9.17) is 4.42 Å². The Hall–Kier alpha value is -2.37. The first-order valence-electron chi connectivity index (χ1n) is 10.0. The van der Waals surface area contributed by atoms with Gasteiger partial charge in [-0.25, -0.2) is 4.98 Å². The smallest absolute Gasteiger partial charge is 0.222 e. The first kappa shape index (κ1) is 18.0. The molecular formula is C21H27N3O3. The van der Waals surface area contributed by atoms with Gasteiger partial charge in [-0.05, 0) is 44.2 Å². The maximum atomic E-state index is 12.8. The van der Waals surface area contributed by atoms with Gasteiger partial charge in [0, 0.05) is 31.5 Å². The molecule has 4 rings (SSSR count). The monoisotopic (exact) mass is 369 g/mol. The number of aromatic nitrogens is 1. The van der Waals surface area contributed by atoms with Gasteiger partial charge in [-0.2, -0.15) is 0 Å². The zero-order valence-corrected chi connectivity index (χ0v) is 15.9. The zero-order valence-electron chi connectivity index (χ0n) is 15.9. The Kier molecular flexibility index (Phi) is 4.89. The van der Waals surface area contributed by atoms with Gasteiger partial charge in [-0.3, -0.25) is 9.59 Å². The molecule has 1 N–H and O–H groups in total. The van der Waals surface area contributed by atoms with Crippen molar-refractivity contribution in [2.24, 2.45) is 0 Å². The summed E-state index contributed by atoms with van der Waals surface area (Å²) in [5.74, 6) is 1.17. The maximum Gasteiger partial charge on any atom is 0.222 e. The fourth-order valence-electron chi connectivity index (χ4n) is 4.38. The van der Waals surface area contributed by atoms with Crippen molar-refractivity contribution in [3.8, 4) is 0 Å². The molecule has 0 spiro atoms. The van der Waals surface area contributed by atoms with Crippen molar-refractivity contribution in [1.82, 2.24) is 15.2 Å². The summed E-state index contributed by atoms with van der Waals surface area (Å²) in [6.07, 6.45) is 5.44. The van der Waals surface area contributed by atoms with E-state index < -0.39 is 0 Å². The lowest BCUT2D eigenvalue weighted by Gasteiger charge is -2.33. The fraction of sp³-hybridized carbons (Fsp3) is 0.571. The van der Waals surface area contributed by atoms with Gasteiger partial charge in [0.25, 0.3) is 0 Å². The molecule has 0 radical (unpaired) electrons. The van der Waals surface area contributed by atoms with Crippen molar-refractivity contribution in [2.75, 3.05) is 13.1 Å². The van der Waals surface area contributed by atoms with E-state index in [-0.39, 0.29) is 23.3 Å². The Balaban J connectivity index is 1.39. The Labute approximate surface area is 159 Å². The van der Waals surface area contributed by atoms with Gasteiger partial charge >= 0.3 is 0 Å². The van der Waals surface area contributed by atoms with Gasteiger partial charge in [0.15, 0.2) is 11.5 Å². The Morgan fingerprint density at radius 2 is 2.26 bits per heavy atom. The molecular weight excluding hydrogens is 342 g/mol. The Bertz CT molecular complexity index is 813. The molecule has 3 heterocycles. The number of likely N-dealkylation sites (tertiary alicyclic amines) is 1. The molecule has 1 aromatic heterocycles. The number of oxazole rings is 1. The number of piperidine rings is 1. The molecule has 2 aliphatic heterocycles. The third-order valence-corrected chi connectivity index (χ3v) is 6.16. The predicted molar refractivity (Wildman–Crippen MR) is 102 cm³/mol. The number of fused-ring (bicyclic) bond motifs is 1. The van der Waals surface area contributed by atoms with Crippen LogP contribution in [-0.4, -0.2) is 40.3 Å². The summed E-state index contributed by atoms with van der Waals surface area (Å²) in [5, 5.41) is 3.09. The molecule has 2 aromatic rings. The molecule has 2 saturated heterocycles. The summed E-state index contributed by atoms with van der Waals surface area (Å²) in [4.78, 5) is 31.0. The highest BCUT2D eigenvalue weighted by Crippen LogP contribution is 2.31. The van der Waals surface area contributed by atoms with Gasteiger partial charge in [0.2, 0.25) is 11.8 Å². The van der Waals surface area contributed by atoms with Crippen molar-refractivity contribution in [2.45, 2.75) is 63.3 Å². The number of rotatable bonds is 5. The van der Waals surface area contributed by atoms with Crippen LogP contribution in [0, 0.1) is 0 Å². The maximum absolute atomic E-state index is 12.8. The van der Waals surface area contributed by atoms with Crippen molar-refractivity contribution < 1.29 is 14.0 Å². The summed E-state index contributed by atoms with van der Waals surface area (Å²) in [6, 6.07) is 7.78. The van der Waals surface area contributed by atoms with E-state index in [1.807, 2.05) is 29.2 Å². The summed E-state index contributed by atoms with van der Waals surface area (Å²) < 4.78 is 5.93. The van der Waals surface area contributed by atoms with Crippen LogP contribution in [0.4, 0.5) is 0 Å². The Morgan fingerprint density at radius 3 is 3.00 bits per heavy atom. The number of nitrogens with one attached hydrogen (secondary N) is 1. The van der Waals surface area contributed by atoms with Crippen molar-refractivity contribution >= 4 is 22.9 Å². The van der Waals surface area contributed by atoms with E-state index >= 15 is 0 Å². The standard InChI is InChI=1S/C21H27N3O3/c1-2-21(11-9-18(25)23-21)12-10-19(26)24-13-5-6-15(14-24)20-22-16-7-3-4-8-17(16)27-20/h3-4,7-8,15H,2,5-6,9-14H2,1H3,(H,23,25)/t15-,21-/m1/s1. The average molecular weight is 369 g/mol. The van der Waals surface area contributed by atoms with Gasteiger partial charge in [0.1, 0.15) is 5.52 Å². The highest BCUT2D eigenvalue weighted by atomic mass is 16.3. The minimum atomic E-state index is -0.192. The van der Waals surface area contributed by atoms with Crippen LogP contribution in [0.15, 0.2) is 28.7 Å². The lowest BCUT2D eigenvalue weighted by atomic mass is 9.88. The lowest BCUT2D eigenvalue weighted by Crippen LogP contribution is -2.44. The predicted octanol–water partition coefficient (Wildman–Crippen LogP) is 3.37. The fourth-order valence-corrected chi connectivity index (χ4v) is 4.38. The second-order valence-corrected chi connectivity index (χ2v) is 7.88. The molecule has 2 amide bonds. The molecule has 0 unspecified atom stereocenters. The van der Waals surface area contributed by atoms with E-state index in [2.05, 4.69) is 17.2 Å². The number of hydrogen-bond donors (Lipinski definition) is 1. The summed E-state index contributed by atoms with van der Waals surface area (Å²) >= 11 is 0. The van der Waals surface area contributed by atoms with E-state index in [0.717, 1.165) is 55.6 Å². The first-order valence-corrected chi connectivity index (χ1v) is 10.0. The first-order chi connectivity index (χ1) is 13.1. The van der Waals surface area contributed by atoms with Crippen LogP contribution in [0.5, 0.6) is 0 Å². The number of nitrogens with zero attached hydrogens (tertiary/aromatic N) is 2. The minimum absolute atomic E-state index is 0.110. The number of carbonyl (C=O) groups excluding carboxylic acids is 2. The minimum Gasteiger partial charge on any atom is -0.440 e. The van der Waals surface area contributed by atoms with Gasteiger partial charge in [0.05, 0.1) is 5.92 Å². The second-order valence-electron chi connectivity index (χ2n) is 7.88. The van der Waals surface area contributed by atoms with Crippen molar-refractivity contribution in [3.63, 3.8) is 0 Å². The number of benzene rings is 1. The topological polar surface area (TPSA) is 75.4 Å². The van der Waals surface area contributed by atoms with Crippen LogP contribution in [0.2, 0.25) is 0 Å². The average Bonchev–Trinajstić information content (AvgIpc) is 3.30. The van der Waals surface area contributed by atoms with Gasteiger partial charge < -0.3 is 14.6 Å². The van der Waals surface area contributed by atoms with Gasteiger partial charge in [-0.1, -0.05) is 19.1 Å². The zero-order chi connectivity index (χ0) is 18.9. The molecule has 1 aromatic carbocycles. The SMILES string of the molecule is CC[C@]1(CCC(=O)N2CCC[C@@H](c3nc4ccccc4o3)C2)CCC(=O)N1. The number of carbonyl (C=O) groups is 2. The number of hydrogen-bond acceptors (Lipinski definition) is 4. The van der Waals surface area contributed by atoms with Crippen molar-refractivity contribution in [3.05, 3.63) is 30.2 Å². The van der Waals surface area contributed by atoms with Crippen LogP contribution >= 0.6 is 0 Å². The normalized spacial score (nSPS) is 25.7. The summed E-state index contributed by atoms with van der Waals surface area (Å²) in [6.45, 7) is 3.54. The molecule has 0 aliphatic carbocycles. The molecule has 144 valence electrons. The molecule has 0 bridgehead atoms. The Morgan fingerprint density at radius 1 is 1.41 bits per heavy atom. The highest BCUT2D eigenvalue weighted by Gasteiger charge is 2.37. The van der Waals surface area contributed by atoms with Crippen LogP contribution in [0.1, 0.15) is 63.7 Å². The van der Waals surface area contributed by atoms with E-state index in [0.29, 0.717) is 19.4 Å². The number of para-hydroxylation sites is 2. The molecule has 6 heteroatoms. The third kappa shape index (κ3) is 3.70. The lowest BCUT2D eigenvalue weighted by molar-refractivity contribution is -0.133. The summed E-state index contributed by atoms with van der Waals surface area (Å²) in [5.41, 5.74) is 1.48.